The van der Waals surface area contributed by atoms with Gasteiger partial charge in [0.15, 0.2) is 23.0 Å². The highest BCUT2D eigenvalue weighted by Gasteiger charge is 2.22. The fourth-order valence-electron chi connectivity index (χ4n) is 2.22. The van der Waals surface area contributed by atoms with E-state index in [4.69, 9.17) is 23.7 Å². The van der Waals surface area contributed by atoms with E-state index >= 15 is 0 Å². The smallest absolute Gasteiger partial charge is 0.346 e. The summed E-state index contributed by atoms with van der Waals surface area (Å²) in [7, 11) is 5.18. The number of benzene rings is 2. The molecule has 0 aliphatic heterocycles. The maximum atomic E-state index is 12.3. The van der Waals surface area contributed by atoms with E-state index in [0.29, 0.717) is 0 Å². The van der Waals surface area contributed by atoms with E-state index in [1.54, 1.807) is 0 Å². The summed E-state index contributed by atoms with van der Waals surface area (Å²) in [6.45, 7) is 0. The lowest BCUT2D eigenvalue weighted by molar-refractivity contribution is 0.0396. The van der Waals surface area contributed by atoms with Gasteiger partial charge in [0.2, 0.25) is 11.5 Å². The molecule has 0 atom stereocenters. The summed E-state index contributed by atoms with van der Waals surface area (Å²) >= 11 is 0. The lowest BCUT2D eigenvalue weighted by Crippen LogP contribution is -2.13. The quantitative estimate of drug-likeness (QED) is 0.575. The number of aromatic hydroxyl groups is 2. The normalized spacial score (nSPS) is 10.1. The topological polar surface area (TPSA) is 121 Å². The number of rotatable bonds is 6. The molecule has 0 aromatic heterocycles. The molecule has 2 N–H and O–H groups in total. The molecule has 0 unspecified atom stereocenters. The Balaban J connectivity index is 2.32. The third kappa shape index (κ3) is 3.97. The molecular formula is C18H18O9. The van der Waals surface area contributed by atoms with E-state index in [0.717, 1.165) is 0 Å². The molecular weight excluding hydrogens is 360 g/mol. The van der Waals surface area contributed by atoms with Gasteiger partial charge in [-0.05, 0) is 24.3 Å². The lowest BCUT2D eigenvalue weighted by atomic mass is 10.1. The zero-order valence-corrected chi connectivity index (χ0v) is 15.1. The Morgan fingerprint density at radius 2 is 0.889 bits per heavy atom. The summed E-state index contributed by atoms with van der Waals surface area (Å²) < 4.78 is 24.7. The third-order valence-electron chi connectivity index (χ3n) is 3.62. The maximum absolute atomic E-state index is 12.3. The van der Waals surface area contributed by atoms with Crippen LogP contribution in [0.5, 0.6) is 34.5 Å². The molecule has 0 heterocycles. The number of hydrogen-bond acceptors (Lipinski definition) is 9. The van der Waals surface area contributed by atoms with Gasteiger partial charge in [0.1, 0.15) is 0 Å². The highest BCUT2D eigenvalue weighted by Crippen LogP contribution is 2.38. The highest BCUT2D eigenvalue weighted by atomic mass is 16.6. The minimum Gasteiger partial charge on any atom is -0.502 e. The van der Waals surface area contributed by atoms with Crippen molar-refractivity contribution in [2.45, 2.75) is 0 Å². The number of esters is 2. The Labute approximate surface area is 154 Å². The summed E-state index contributed by atoms with van der Waals surface area (Å²) in [5, 5.41) is 19.8. The van der Waals surface area contributed by atoms with E-state index in [-0.39, 0.29) is 45.6 Å². The maximum Gasteiger partial charge on any atom is 0.346 e. The van der Waals surface area contributed by atoms with Crippen LogP contribution in [0.1, 0.15) is 20.7 Å². The first-order valence-corrected chi connectivity index (χ1v) is 7.52. The van der Waals surface area contributed by atoms with E-state index in [1.807, 2.05) is 0 Å². The van der Waals surface area contributed by atoms with E-state index in [1.165, 1.54) is 52.7 Å². The van der Waals surface area contributed by atoms with Crippen LogP contribution < -0.4 is 18.9 Å². The minimum absolute atomic E-state index is 0.0262. The van der Waals surface area contributed by atoms with E-state index < -0.39 is 11.9 Å². The Morgan fingerprint density at radius 1 is 0.630 bits per heavy atom. The van der Waals surface area contributed by atoms with Crippen molar-refractivity contribution in [3.63, 3.8) is 0 Å². The van der Waals surface area contributed by atoms with Gasteiger partial charge in [-0.2, -0.15) is 0 Å². The van der Waals surface area contributed by atoms with Crippen molar-refractivity contribution in [2.24, 2.45) is 0 Å². The van der Waals surface area contributed by atoms with Crippen LogP contribution in [0.4, 0.5) is 0 Å². The number of phenolic OH excluding ortho intramolecular Hbond substituents is 2. The summed E-state index contributed by atoms with van der Waals surface area (Å²) in [5.41, 5.74) is -0.153. The van der Waals surface area contributed by atoms with Crippen LogP contribution in [0.2, 0.25) is 0 Å². The van der Waals surface area contributed by atoms with Crippen LogP contribution in [0, 0.1) is 0 Å². The second kappa shape index (κ2) is 8.17. The fraction of sp³-hybridized carbons (Fsp3) is 0.222. The number of ether oxygens (including phenoxy) is 5. The van der Waals surface area contributed by atoms with Crippen molar-refractivity contribution in [3.8, 4) is 34.5 Å². The van der Waals surface area contributed by atoms with Crippen LogP contribution >= 0.6 is 0 Å². The first kappa shape index (κ1) is 19.7. The Morgan fingerprint density at radius 3 is 1.11 bits per heavy atom. The predicted octanol–water partition coefficient (Wildman–Crippen LogP) is 2.13. The van der Waals surface area contributed by atoms with Crippen molar-refractivity contribution in [3.05, 3.63) is 35.4 Å². The number of methoxy groups -OCH3 is 4. The molecule has 9 nitrogen and oxygen atoms in total. The highest BCUT2D eigenvalue weighted by molar-refractivity contribution is 6.03. The minimum atomic E-state index is -0.998. The molecule has 0 radical (unpaired) electrons. The predicted molar refractivity (Wildman–Crippen MR) is 92.2 cm³/mol. The van der Waals surface area contributed by atoms with Crippen LogP contribution in [0.15, 0.2) is 24.3 Å². The molecule has 9 heteroatoms. The first-order valence-electron chi connectivity index (χ1n) is 7.52. The number of phenols is 2. The van der Waals surface area contributed by atoms with Crippen LogP contribution in [0.3, 0.4) is 0 Å². The summed E-state index contributed by atoms with van der Waals surface area (Å²) in [6, 6.07) is 4.80. The summed E-state index contributed by atoms with van der Waals surface area (Å²) in [4.78, 5) is 24.6. The molecule has 2 aromatic rings. The first-order chi connectivity index (χ1) is 12.9. The average molecular weight is 378 g/mol. The second-order valence-corrected chi connectivity index (χ2v) is 5.14. The van der Waals surface area contributed by atoms with E-state index in [2.05, 4.69) is 0 Å². The average Bonchev–Trinajstić information content (AvgIpc) is 2.68. The number of hydrogen-bond donors (Lipinski definition) is 2. The van der Waals surface area contributed by atoms with Gasteiger partial charge in [-0.1, -0.05) is 0 Å². The van der Waals surface area contributed by atoms with Crippen LogP contribution in [0.25, 0.3) is 0 Å². The second-order valence-electron chi connectivity index (χ2n) is 5.14. The standard InChI is InChI=1S/C18H18O9/c1-23-11-5-9(6-12(24-2)15(11)19)17(21)27-18(22)10-7-13(25-3)16(20)14(8-10)26-4/h5-8,19-20H,1-4H3. The molecule has 0 saturated heterocycles. The van der Waals surface area contributed by atoms with Gasteiger partial charge in [-0.15, -0.1) is 0 Å². The van der Waals surface area contributed by atoms with Crippen molar-refractivity contribution in [1.82, 2.24) is 0 Å². The van der Waals surface area contributed by atoms with Gasteiger partial charge in [-0.3, -0.25) is 0 Å². The largest absolute Gasteiger partial charge is 0.502 e. The Hall–Kier alpha value is -3.62. The molecule has 27 heavy (non-hydrogen) atoms. The molecule has 0 spiro atoms. The molecule has 0 aliphatic carbocycles. The van der Waals surface area contributed by atoms with Gasteiger partial charge < -0.3 is 33.9 Å². The van der Waals surface area contributed by atoms with Crippen molar-refractivity contribution >= 4 is 11.9 Å². The molecule has 0 bridgehead atoms. The zero-order chi connectivity index (χ0) is 20.1. The summed E-state index contributed by atoms with van der Waals surface area (Å²) in [6.07, 6.45) is 0. The van der Waals surface area contributed by atoms with E-state index in [9.17, 15) is 19.8 Å². The van der Waals surface area contributed by atoms with Crippen molar-refractivity contribution < 1.29 is 43.5 Å². The van der Waals surface area contributed by atoms with Crippen LogP contribution in [-0.2, 0) is 4.74 Å². The zero-order valence-electron chi connectivity index (χ0n) is 15.1. The van der Waals surface area contributed by atoms with Gasteiger partial charge in [0, 0.05) is 0 Å². The van der Waals surface area contributed by atoms with Gasteiger partial charge in [0.25, 0.3) is 0 Å². The van der Waals surface area contributed by atoms with Gasteiger partial charge in [0.05, 0.1) is 39.6 Å². The lowest BCUT2D eigenvalue weighted by Gasteiger charge is -2.12. The monoisotopic (exact) mass is 378 g/mol. The molecule has 0 aliphatic rings. The number of carbonyl (C=O) groups is 2. The van der Waals surface area contributed by atoms with Crippen molar-refractivity contribution in [1.29, 1.82) is 0 Å². The van der Waals surface area contributed by atoms with Gasteiger partial charge in [-0.25, -0.2) is 9.59 Å². The summed E-state index contributed by atoms with van der Waals surface area (Å²) in [5.74, 6) is -2.69. The van der Waals surface area contributed by atoms with Gasteiger partial charge >= 0.3 is 11.9 Å². The fourth-order valence-corrected chi connectivity index (χ4v) is 2.22. The SMILES string of the molecule is COc1cc(C(=O)OC(=O)c2cc(OC)c(O)c(OC)c2)cc(OC)c1O. The number of carbonyl (C=O) groups excluding carboxylic acids is 2. The Bertz CT molecular complexity index is 752. The molecule has 2 rings (SSSR count). The third-order valence-corrected chi connectivity index (χ3v) is 3.62. The molecule has 2 aromatic carbocycles. The molecule has 0 amide bonds. The molecule has 0 fully saturated rings. The molecule has 0 saturated carbocycles. The van der Waals surface area contributed by atoms with Crippen LogP contribution in [-0.4, -0.2) is 50.6 Å². The van der Waals surface area contributed by atoms with Crippen molar-refractivity contribution in [2.75, 3.05) is 28.4 Å². The molecule has 144 valence electrons. The Kier molecular flexibility index (Phi) is 5.96.